The fourth-order valence-electron chi connectivity index (χ4n) is 2.03. The molecular weight excluding hydrogens is 316 g/mol. The molecule has 2 rings (SSSR count). The van der Waals surface area contributed by atoms with Gasteiger partial charge in [0.25, 0.3) is 0 Å². The molecule has 1 N–H and O–H groups in total. The summed E-state index contributed by atoms with van der Waals surface area (Å²) in [5.74, 6) is 1.95. The van der Waals surface area contributed by atoms with E-state index in [0.717, 1.165) is 11.3 Å². The predicted octanol–water partition coefficient (Wildman–Crippen LogP) is 4.20. The maximum atomic E-state index is 6.08. The maximum absolute atomic E-state index is 6.08. The van der Waals surface area contributed by atoms with Gasteiger partial charge in [-0.3, -0.25) is 5.43 Å². The van der Waals surface area contributed by atoms with Crippen LogP contribution in [-0.2, 0) is 0 Å². The van der Waals surface area contributed by atoms with Crippen molar-refractivity contribution in [2.24, 2.45) is 5.10 Å². The van der Waals surface area contributed by atoms with Crippen molar-refractivity contribution in [2.45, 2.75) is 6.92 Å². The van der Waals surface area contributed by atoms with Crippen LogP contribution in [0.1, 0.15) is 12.5 Å². The van der Waals surface area contributed by atoms with Crippen LogP contribution < -0.4 is 19.6 Å². The molecule has 6 heteroatoms. The first-order chi connectivity index (χ1) is 11.2. The number of anilines is 1. The molecule has 0 heterocycles. The number of para-hydroxylation sites is 1. The number of hydrogen-bond donors (Lipinski definition) is 1. The lowest BCUT2D eigenvalue weighted by molar-refractivity contribution is 0.311. The number of rotatable bonds is 7. The Morgan fingerprint density at radius 1 is 1.13 bits per heavy atom. The SMILES string of the molecule is CCOc1cccc(/C=N/Nc2ccc(OC)c(Cl)c2)c1OC. The highest BCUT2D eigenvalue weighted by molar-refractivity contribution is 6.32. The fourth-order valence-corrected chi connectivity index (χ4v) is 2.29. The van der Waals surface area contributed by atoms with Crippen LogP contribution in [0.5, 0.6) is 17.2 Å². The second-order valence-electron chi connectivity index (χ2n) is 4.53. The molecule has 2 aromatic carbocycles. The quantitative estimate of drug-likeness (QED) is 0.609. The number of hydrogen-bond acceptors (Lipinski definition) is 5. The monoisotopic (exact) mass is 334 g/mol. The highest BCUT2D eigenvalue weighted by Crippen LogP contribution is 2.30. The van der Waals surface area contributed by atoms with E-state index in [2.05, 4.69) is 10.5 Å². The number of methoxy groups -OCH3 is 2. The molecule has 2 aromatic rings. The van der Waals surface area contributed by atoms with Crippen LogP contribution in [0.4, 0.5) is 5.69 Å². The molecule has 0 saturated heterocycles. The number of ether oxygens (including phenoxy) is 3. The van der Waals surface area contributed by atoms with Gasteiger partial charge in [-0.2, -0.15) is 5.10 Å². The standard InChI is InChI=1S/C17H19ClN2O3/c1-4-23-16-7-5-6-12(17(16)22-3)11-19-20-13-8-9-15(21-2)14(18)10-13/h5-11,20H,4H2,1-3H3/b19-11+. The van der Waals surface area contributed by atoms with Gasteiger partial charge in [0.05, 0.1) is 37.8 Å². The largest absolute Gasteiger partial charge is 0.495 e. The summed E-state index contributed by atoms with van der Waals surface area (Å²) in [5, 5.41) is 4.73. The molecule has 0 aliphatic carbocycles. The van der Waals surface area contributed by atoms with Gasteiger partial charge in [-0.25, -0.2) is 0 Å². The Morgan fingerprint density at radius 2 is 1.96 bits per heavy atom. The van der Waals surface area contributed by atoms with Crippen LogP contribution in [0, 0.1) is 0 Å². The molecule has 0 aromatic heterocycles. The predicted molar refractivity (Wildman–Crippen MR) is 93.4 cm³/mol. The Hall–Kier alpha value is -2.40. The van der Waals surface area contributed by atoms with Gasteiger partial charge in [0.2, 0.25) is 0 Å². The summed E-state index contributed by atoms with van der Waals surface area (Å²) in [4.78, 5) is 0. The second-order valence-corrected chi connectivity index (χ2v) is 4.94. The van der Waals surface area contributed by atoms with E-state index < -0.39 is 0 Å². The van der Waals surface area contributed by atoms with Crippen molar-refractivity contribution in [3.63, 3.8) is 0 Å². The maximum Gasteiger partial charge on any atom is 0.169 e. The topological polar surface area (TPSA) is 52.1 Å². The molecular formula is C17H19ClN2O3. The molecule has 0 fully saturated rings. The van der Waals surface area contributed by atoms with E-state index in [0.29, 0.717) is 28.9 Å². The Kier molecular flexibility index (Phi) is 6.11. The van der Waals surface area contributed by atoms with E-state index >= 15 is 0 Å². The number of hydrazone groups is 1. The number of benzene rings is 2. The molecule has 0 unspecified atom stereocenters. The summed E-state index contributed by atoms with van der Waals surface area (Å²) in [7, 11) is 3.18. The first-order valence-electron chi connectivity index (χ1n) is 7.12. The molecule has 0 aliphatic heterocycles. The molecule has 5 nitrogen and oxygen atoms in total. The van der Waals surface area contributed by atoms with Crippen molar-refractivity contribution >= 4 is 23.5 Å². The van der Waals surface area contributed by atoms with Crippen LogP contribution in [0.2, 0.25) is 5.02 Å². The normalized spacial score (nSPS) is 10.6. The van der Waals surface area contributed by atoms with E-state index in [1.807, 2.05) is 31.2 Å². The van der Waals surface area contributed by atoms with E-state index in [-0.39, 0.29) is 0 Å². The fraction of sp³-hybridized carbons (Fsp3) is 0.235. The van der Waals surface area contributed by atoms with Gasteiger partial charge in [-0.1, -0.05) is 17.7 Å². The van der Waals surface area contributed by atoms with E-state index in [1.54, 1.807) is 32.6 Å². The van der Waals surface area contributed by atoms with Gasteiger partial charge in [-0.05, 0) is 37.3 Å². The number of nitrogens with one attached hydrogen (secondary N) is 1. The van der Waals surface area contributed by atoms with Crippen molar-refractivity contribution in [3.05, 3.63) is 47.0 Å². The van der Waals surface area contributed by atoms with E-state index in [1.165, 1.54) is 0 Å². The molecule has 0 saturated carbocycles. The summed E-state index contributed by atoms with van der Waals surface area (Å²) >= 11 is 6.08. The smallest absolute Gasteiger partial charge is 0.169 e. The Bertz CT molecular complexity index is 690. The van der Waals surface area contributed by atoms with Crippen LogP contribution in [0.25, 0.3) is 0 Å². The molecule has 122 valence electrons. The molecule has 0 amide bonds. The van der Waals surface area contributed by atoms with E-state index in [9.17, 15) is 0 Å². The van der Waals surface area contributed by atoms with Crippen LogP contribution in [0.3, 0.4) is 0 Å². The highest BCUT2D eigenvalue weighted by atomic mass is 35.5. The lowest BCUT2D eigenvalue weighted by atomic mass is 10.2. The second kappa shape index (κ2) is 8.29. The minimum atomic E-state index is 0.517. The summed E-state index contributed by atoms with van der Waals surface area (Å²) in [6.07, 6.45) is 1.67. The molecule has 23 heavy (non-hydrogen) atoms. The van der Waals surface area contributed by atoms with Gasteiger partial charge in [0, 0.05) is 5.56 Å². The third kappa shape index (κ3) is 4.29. The Labute approximate surface area is 140 Å². The van der Waals surface area contributed by atoms with Crippen LogP contribution in [-0.4, -0.2) is 27.0 Å². The van der Waals surface area contributed by atoms with Crippen molar-refractivity contribution in [1.29, 1.82) is 0 Å². The average Bonchev–Trinajstić information content (AvgIpc) is 2.55. The van der Waals surface area contributed by atoms with Crippen LogP contribution >= 0.6 is 11.6 Å². The zero-order valence-electron chi connectivity index (χ0n) is 13.3. The van der Waals surface area contributed by atoms with Gasteiger partial charge in [0.1, 0.15) is 5.75 Å². The summed E-state index contributed by atoms with van der Waals surface area (Å²) in [6, 6.07) is 11.0. The lowest BCUT2D eigenvalue weighted by Crippen LogP contribution is -1.99. The van der Waals surface area contributed by atoms with Crippen molar-refractivity contribution in [2.75, 3.05) is 26.3 Å². The van der Waals surface area contributed by atoms with Gasteiger partial charge < -0.3 is 14.2 Å². The molecule has 0 aliphatic rings. The van der Waals surface area contributed by atoms with Gasteiger partial charge in [-0.15, -0.1) is 0 Å². The van der Waals surface area contributed by atoms with E-state index in [4.69, 9.17) is 25.8 Å². The van der Waals surface area contributed by atoms with Gasteiger partial charge in [0.15, 0.2) is 11.5 Å². The molecule has 0 radical (unpaired) electrons. The number of nitrogens with zero attached hydrogens (tertiary/aromatic N) is 1. The van der Waals surface area contributed by atoms with Crippen molar-refractivity contribution in [3.8, 4) is 17.2 Å². The Morgan fingerprint density at radius 3 is 2.61 bits per heavy atom. The first kappa shape index (κ1) is 17.0. The number of halogens is 1. The first-order valence-corrected chi connectivity index (χ1v) is 7.49. The zero-order chi connectivity index (χ0) is 16.7. The van der Waals surface area contributed by atoms with Crippen molar-refractivity contribution in [1.82, 2.24) is 0 Å². The summed E-state index contributed by atoms with van der Waals surface area (Å²) < 4.78 is 16.0. The molecule has 0 bridgehead atoms. The minimum Gasteiger partial charge on any atom is -0.495 e. The lowest BCUT2D eigenvalue weighted by Gasteiger charge is -2.11. The summed E-state index contributed by atoms with van der Waals surface area (Å²) in [6.45, 7) is 2.49. The zero-order valence-corrected chi connectivity index (χ0v) is 14.1. The van der Waals surface area contributed by atoms with Gasteiger partial charge >= 0.3 is 0 Å². The van der Waals surface area contributed by atoms with Crippen LogP contribution in [0.15, 0.2) is 41.5 Å². The average molecular weight is 335 g/mol. The highest BCUT2D eigenvalue weighted by Gasteiger charge is 2.08. The molecule has 0 atom stereocenters. The molecule has 0 spiro atoms. The third-order valence-electron chi connectivity index (χ3n) is 3.06. The minimum absolute atomic E-state index is 0.517. The Balaban J connectivity index is 2.14. The summed E-state index contributed by atoms with van der Waals surface area (Å²) in [5.41, 5.74) is 4.49. The third-order valence-corrected chi connectivity index (χ3v) is 3.36. The van der Waals surface area contributed by atoms with Crippen molar-refractivity contribution < 1.29 is 14.2 Å².